The molecule has 0 saturated heterocycles. The maximum atomic E-state index is 12.6. The summed E-state index contributed by atoms with van der Waals surface area (Å²) in [5, 5.41) is 0. The fourth-order valence-electron chi connectivity index (χ4n) is 6.26. The minimum atomic E-state index is -4.63. The molecule has 0 N–H and O–H groups in total. The number of nitrogens with zero attached hydrogens (tertiary/aromatic N) is 1. The van der Waals surface area contributed by atoms with Crippen molar-refractivity contribution in [1.29, 1.82) is 0 Å². The normalized spacial score (nSPS) is 13.7. The first-order valence-corrected chi connectivity index (χ1v) is 23.9. The number of ether oxygens (including phenoxy) is 2. The van der Waals surface area contributed by atoms with Crippen molar-refractivity contribution in [3.63, 3.8) is 0 Å². The molecule has 0 aliphatic carbocycles. The molecule has 0 aliphatic heterocycles. The third-order valence-corrected chi connectivity index (χ3v) is 10.8. The highest BCUT2D eigenvalue weighted by atomic mass is 31.2. The van der Waals surface area contributed by atoms with Crippen molar-refractivity contribution in [1.82, 2.24) is 0 Å². The molecule has 0 aromatic carbocycles. The van der Waals surface area contributed by atoms with Crippen LogP contribution < -0.4 is 4.89 Å². The molecule has 10 heteroatoms. The van der Waals surface area contributed by atoms with Crippen LogP contribution in [0.15, 0.2) is 12.2 Å². The van der Waals surface area contributed by atoms with Gasteiger partial charge in [-0.1, -0.05) is 180 Å². The van der Waals surface area contributed by atoms with Crippen LogP contribution in [0.4, 0.5) is 0 Å². The van der Waals surface area contributed by atoms with Gasteiger partial charge in [-0.15, -0.1) is 0 Å². The van der Waals surface area contributed by atoms with Gasteiger partial charge in [0.1, 0.15) is 19.8 Å². The van der Waals surface area contributed by atoms with E-state index in [2.05, 4.69) is 19.9 Å². The van der Waals surface area contributed by atoms with E-state index in [9.17, 15) is 19.0 Å². The highest BCUT2D eigenvalue weighted by Crippen LogP contribution is 2.38. The average molecular weight is 788 g/mol. The lowest BCUT2D eigenvalue weighted by molar-refractivity contribution is -0.870. The van der Waals surface area contributed by atoms with Crippen LogP contribution in [0.3, 0.4) is 0 Å². The van der Waals surface area contributed by atoms with Crippen LogP contribution in [0.25, 0.3) is 0 Å². The van der Waals surface area contributed by atoms with Gasteiger partial charge in [0.05, 0.1) is 27.7 Å². The molecule has 0 heterocycles. The number of phosphoric acid groups is 1. The zero-order chi connectivity index (χ0) is 40.0. The Morgan fingerprint density at radius 2 is 0.981 bits per heavy atom. The van der Waals surface area contributed by atoms with E-state index in [4.69, 9.17) is 18.5 Å². The van der Waals surface area contributed by atoms with E-state index in [1.165, 1.54) is 141 Å². The molecule has 9 nitrogen and oxygen atoms in total. The van der Waals surface area contributed by atoms with Crippen LogP contribution in [0, 0.1) is 0 Å². The van der Waals surface area contributed by atoms with Gasteiger partial charge in [0.2, 0.25) is 0 Å². The number of likely N-dealkylation sites (N-methyl/N-ethyl adjacent to an activating group) is 1. The van der Waals surface area contributed by atoms with Crippen LogP contribution in [0.1, 0.15) is 206 Å². The lowest BCUT2D eigenvalue weighted by Gasteiger charge is -2.28. The molecule has 0 amide bonds. The SMILES string of the molecule is CCCCCCCCCCCCC/C=C\CCC(=O)OC(COC(=O)CCCCCCCCCCCCCCCCC)COP(=O)([O-])OCC[N+](C)(C)C. The molecule has 0 rings (SSSR count). The highest BCUT2D eigenvalue weighted by Gasteiger charge is 2.21. The molecule has 54 heavy (non-hydrogen) atoms. The van der Waals surface area contributed by atoms with Crippen molar-refractivity contribution < 1.29 is 42.1 Å². The Morgan fingerprint density at radius 1 is 0.556 bits per heavy atom. The largest absolute Gasteiger partial charge is 0.756 e. The molecule has 0 fully saturated rings. The lowest BCUT2D eigenvalue weighted by atomic mass is 10.0. The predicted octanol–water partition coefficient (Wildman–Crippen LogP) is 11.9. The average Bonchev–Trinajstić information content (AvgIpc) is 3.12. The number of quaternary nitrogens is 1. The smallest absolute Gasteiger partial charge is 0.306 e. The van der Waals surface area contributed by atoms with E-state index in [1.807, 2.05) is 27.2 Å². The first-order valence-electron chi connectivity index (χ1n) is 22.4. The standard InChI is InChI=1S/C44H86NO8P/c1-6-8-10-12-14-16-18-20-22-24-26-28-30-32-34-36-43(46)50-40-42(41-52-54(48,49)51-39-38-45(3,4)5)53-44(47)37-35-33-31-29-27-25-23-21-19-17-15-13-11-9-7-2/h31,33,42H,6-30,32,34-41H2,1-5H3/b33-31-. The summed E-state index contributed by atoms with van der Waals surface area (Å²) in [6.45, 7) is 4.21. The molecular weight excluding hydrogens is 701 g/mol. The first kappa shape index (κ1) is 52.8. The Kier molecular flexibility index (Phi) is 36.5. The van der Waals surface area contributed by atoms with Crippen molar-refractivity contribution in [2.24, 2.45) is 0 Å². The van der Waals surface area contributed by atoms with E-state index < -0.39 is 26.5 Å². The summed E-state index contributed by atoms with van der Waals surface area (Å²) in [4.78, 5) is 37.5. The van der Waals surface area contributed by atoms with Gasteiger partial charge in [-0.25, -0.2) is 0 Å². The number of unbranched alkanes of at least 4 members (excludes halogenated alkanes) is 25. The number of esters is 2. The zero-order valence-electron chi connectivity index (χ0n) is 35.9. The molecule has 320 valence electrons. The van der Waals surface area contributed by atoms with Crippen molar-refractivity contribution in [2.75, 3.05) is 47.5 Å². The number of hydrogen-bond donors (Lipinski definition) is 0. The fraction of sp³-hybridized carbons (Fsp3) is 0.909. The Balaban J connectivity index is 4.36. The van der Waals surface area contributed by atoms with E-state index in [-0.39, 0.29) is 32.0 Å². The van der Waals surface area contributed by atoms with E-state index >= 15 is 0 Å². The van der Waals surface area contributed by atoms with E-state index in [0.717, 1.165) is 32.1 Å². The molecule has 0 bridgehead atoms. The Hall–Kier alpha value is -1.25. The predicted molar refractivity (Wildman–Crippen MR) is 222 cm³/mol. The monoisotopic (exact) mass is 788 g/mol. The van der Waals surface area contributed by atoms with Gasteiger partial charge in [-0.05, 0) is 25.7 Å². The molecule has 0 aromatic rings. The number of phosphoric ester groups is 1. The summed E-state index contributed by atoms with van der Waals surface area (Å²) in [6, 6.07) is 0. The quantitative estimate of drug-likeness (QED) is 0.0198. The van der Waals surface area contributed by atoms with Gasteiger partial charge in [0.15, 0.2) is 6.10 Å². The summed E-state index contributed by atoms with van der Waals surface area (Å²) < 4.78 is 33.8. The first-order chi connectivity index (χ1) is 26.0. The summed E-state index contributed by atoms with van der Waals surface area (Å²) in [5.41, 5.74) is 0. The molecule has 2 unspecified atom stereocenters. The van der Waals surface area contributed by atoms with Crippen LogP contribution in [0.2, 0.25) is 0 Å². The zero-order valence-corrected chi connectivity index (χ0v) is 36.8. The third-order valence-electron chi connectivity index (χ3n) is 9.80. The Bertz CT molecular complexity index is 938. The minimum absolute atomic E-state index is 0.0332. The van der Waals surface area contributed by atoms with Crippen molar-refractivity contribution in [3.8, 4) is 0 Å². The lowest BCUT2D eigenvalue weighted by Crippen LogP contribution is -2.37. The molecule has 0 aromatic heterocycles. The summed E-state index contributed by atoms with van der Waals surface area (Å²) in [6.07, 6.45) is 38.2. The third kappa shape index (κ3) is 40.4. The number of allylic oxidation sites excluding steroid dienone is 2. The van der Waals surface area contributed by atoms with Crippen molar-refractivity contribution in [3.05, 3.63) is 12.2 Å². The van der Waals surface area contributed by atoms with Crippen molar-refractivity contribution in [2.45, 2.75) is 213 Å². The van der Waals surface area contributed by atoms with Gasteiger partial charge in [0, 0.05) is 12.8 Å². The van der Waals surface area contributed by atoms with Crippen LogP contribution >= 0.6 is 7.82 Å². The van der Waals surface area contributed by atoms with Crippen LogP contribution in [-0.2, 0) is 32.7 Å². The number of carbonyl (C=O) groups is 2. The summed E-state index contributed by atoms with van der Waals surface area (Å²) in [7, 11) is 1.16. The molecule has 0 radical (unpaired) electrons. The van der Waals surface area contributed by atoms with Gasteiger partial charge in [-0.3, -0.25) is 14.2 Å². The number of hydrogen-bond acceptors (Lipinski definition) is 8. The van der Waals surface area contributed by atoms with E-state index in [0.29, 0.717) is 17.4 Å². The van der Waals surface area contributed by atoms with Gasteiger partial charge in [0.25, 0.3) is 7.82 Å². The maximum absolute atomic E-state index is 12.6. The van der Waals surface area contributed by atoms with Gasteiger partial charge < -0.3 is 27.9 Å². The van der Waals surface area contributed by atoms with Crippen LogP contribution in [-0.4, -0.2) is 70.0 Å². The fourth-order valence-corrected chi connectivity index (χ4v) is 6.99. The van der Waals surface area contributed by atoms with Crippen molar-refractivity contribution >= 4 is 19.8 Å². The van der Waals surface area contributed by atoms with Gasteiger partial charge >= 0.3 is 11.9 Å². The highest BCUT2D eigenvalue weighted by molar-refractivity contribution is 7.45. The maximum Gasteiger partial charge on any atom is 0.306 e. The second-order valence-corrected chi connectivity index (χ2v) is 17.8. The molecule has 2 atom stereocenters. The van der Waals surface area contributed by atoms with Crippen LogP contribution in [0.5, 0.6) is 0 Å². The minimum Gasteiger partial charge on any atom is -0.756 e. The Morgan fingerprint density at radius 3 is 1.44 bits per heavy atom. The number of rotatable bonds is 41. The summed E-state index contributed by atoms with van der Waals surface area (Å²) in [5.74, 6) is -0.881. The second-order valence-electron chi connectivity index (χ2n) is 16.4. The topological polar surface area (TPSA) is 111 Å². The molecule has 0 spiro atoms. The number of carbonyl (C=O) groups excluding carboxylic acids is 2. The molecule has 0 saturated carbocycles. The second kappa shape index (κ2) is 37.3. The molecule has 0 aliphatic rings. The Labute approximate surface area is 333 Å². The van der Waals surface area contributed by atoms with Gasteiger partial charge in [-0.2, -0.15) is 0 Å². The van der Waals surface area contributed by atoms with E-state index in [1.54, 1.807) is 0 Å². The summed E-state index contributed by atoms with van der Waals surface area (Å²) >= 11 is 0. The molecular formula is C44H86NO8P.